The summed E-state index contributed by atoms with van der Waals surface area (Å²) in [6.45, 7) is 1.35. The van der Waals surface area contributed by atoms with Gasteiger partial charge in [0.2, 0.25) is 0 Å². The number of carbonyl (C=O) groups excluding carboxylic acids is 1. The van der Waals surface area contributed by atoms with Gasteiger partial charge in [0, 0.05) is 13.3 Å². The van der Waals surface area contributed by atoms with E-state index in [1.807, 2.05) is 24.3 Å². The molecule has 0 fully saturated rings. The molecule has 0 aromatic heterocycles. The van der Waals surface area contributed by atoms with Gasteiger partial charge in [-0.25, -0.2) is 0 Å². The molecule has 0 saturated heterocycles. The van der Waals surface area contributed by atoms with E-state index in [0.717, 1.165) is 11.1 Å². The van der Waals surface area contributed by atoms with Crippen molar-refractivity contribution in [2.75, 3.05) is 0 Å². The molecule has 74 valence electrons. The van der Waals surface area contributed by atoms with Gasteiger partial charge in [-0.3, -0.25) is 4.79 Å². The number of esters is 1. The average Bonchev–Trinajstić information content (AvgIpc) is 2.43. The summed E-state index contributed by atoms with van der Waals surface area (Å²) in [5.41, 5.74) is 1.99. The van der Waals surface area contributed by atoms with Gasteiger partial charge in [0.25, 0.3) is 0 Å². The summed E-state index contributed by atoms with van der Waals surface area (Å²) < 4.78 is 5.06. The first-order valence-electron chi connectivity index (χ1n) is 4.61. The molecule has 1 aromatic carbocycles. The van der Waals surface area contributed by atoms with Crippen LogP contribution in [-0.4, -0.2) is 17.2 Å². The summed E-state index contributed by atoms with van der Waals surface area (Å²) in [6, 6.07) is 7.64. The molecule has 1 N–H and O–H groups in total. The highest BCUT2D eigenvalue weighted by Crippen LogP contribution is 2.33. The van der Waals surface area contributed by atoms with Gasteiger partial charge in [0.1, 0.15) is 0 Å². The van der Waals surface area contributed by atoms with Crippen molar-refractivity contribution in [3.05, 3.63) is 35.4 Å². The second-order valence-corrected chi connectivity index (χ2v) is 3.50. The normalized spacial score (nSPS) is 24.4. The van der Waals surface area contributed by atoms with E-state index in [1.54, 1.807) is 0 Å². The van der Waals surface area contributed by atoms with Gasteiger partial charge >= 0.3 is 5.97 Å². The average molecular weight is 192 g/mol. The van der Waals surface area contributed by atoms with Crippen molar-refractivity contribution in [2.45, 2.75) is 25.6 Å². The van der Waals surface area contributed by atoms with Crippen molar-refractivity contribution >= 4 is 5.97 Å². The summed E-state index contributed by atoms with van der Waals surface area (Å²) in [6.07, 6.45) is -0.520. The van der Waals surface area contributed by atoms with Crippen molar-refractivity contribution < 1.29 is 14.6 Å². The van der Waals surface area contributed by atoms with Crippen LogP contribution in [0.1, 0.15) is 24.2 Å². The van der Waals surface area contributed by atoms with E-state index >= 15 is 0 Å². The van der Waals surface area contributed by atoms with Gasteiger partial charge in [-0.2, -0.15) is 0 Å². The zero-order chi connectivity index (χ0) is 10.1. The Kier molecular flexibility index (Phi) is 2.25. The maximum atomic E-state index is 10.8. The Bertz CT molecular complexity index is 359. The Morgan fingerprint density at radius 3 is 2.93 bits per heavy atom. The fourth-order valence-electron chi connectivity index (χ4n) is 1.86. The molecular weight excluding hydrogens is 180 g/mol. The first-order valence-corrected chi connectivity index (χ1v) is 4.61. The molecule has 0 amide bonds. The van der Waals surface area contributed by atoms with Crippen LogP contribution in [0.4, 0.5) is 0 Å². The number of ether oxygens (including phenoxy) is 1. The summed E-state index contributed by atoms with van der Waals surface area (Å²) in [7, 11) is 0. The number of rotatable bonds is 1. The molecule has 0 radical (unpaired) electrons. The molecular formula is C11H12O3. The lowest BCUT2D eigenvalue weighted by molar-refractivity contribution is -0.151. The fraction of sp³-hybridized carbons (Fsp3) is 0.364. The largest absolute Gasteiger partial charge is 0.455 e. The third-order valence-corrected chi connectivity index (χ3v) is 2.43. The Balaban J connectivity index is 2.30. The second kappa shape index (κ2) is 3.42. The smallest absolute Gasteiger partial charge is 0.303 e. The Morgan fingerprint density at radius 2 is 2.21 bits per heavy atom. The molecule has 0 unspecified atom stereocenters. The predicted molar refractivity (Wildman–Crippen MR) is 50.7 cm³/mol. The number of aliphatic hydroxyl groups excluding tert-OH is 1. The lowest BCUT2D eigenvalue weighted by Gasteiger charge is -2.15. The minimum atomic E-state index is -0.601. The monoisotopic (exact) mass is 192 g/mol. The fourth-order valence-corrected chi connectivity index (χ4v) is 1.86. The third-order valence-electron chi connectivity index (χ3n) is 2.43. The van der Waals surface area contributed by atoms with Gasteiger partial charge in [-0.1, -0.05) is 24.3 Å². The highest BCUT2D eigenvalue weighted by Gasteiger charge is 2.32. The number of carbonyl (C=O) groups is 1. The minimum absolute atomic E-state index is 0.356. The van der Waals surface area contributed by atoms with Crippen LogP contribution in [0, 0.1) is 0 Å². The van der Waals surface area contributed by atoms with Gasteiger partial charge in [-0.15, -0.1) is 0 Å². The van der Waals surface area contributed by atoms with Gasteiger partial charge in [0.15, 0.2) is 6.10 Å². The lowest BCUT2D eigenvalue weighted by atomic mass is 10.1. The summed E-state index contributed by atoms with van der Waals surface area (Å²) in [5.74, 6) is -0.356. The van der Waals surface area contributed by atoms with E-state index in [9.17, 15) is 9.90 Å². The van der Waals surface area contributed by atoms with Crippen LogP contribution in [0.5, 0.6) is 0 Å². The summed E-state index contributed by atoms with van der Waals surface area (Å²) >= 11 is 0. The molecule has 3 heteroatoms. The van der Waals surface area contributed by atoms with Gasteiger partial charge < -0.3 is 9.84 Å². The van der Waals surface area contributed by atoms with E-state index in [2.05, 4.69) is 0 Å². The molecule has 2 atom stereocenters. The Morgan fingerprint density at radius 1 is 1.50 bits per heavy atom. The quantitative estimate of drug-likeness (QED) is 0.680. The van der Waals surface area contributed by atoms with Crippen molar-refractivity contribution in [2.24, 2.45) is 0 Å². The topological polar surface area (TPSA) is 46.5 Å². The Labute approximate surface area is 82.3 Å². The molecule has 0 aliphatic heterocycles. The van der Waals surface area contributed by atoms with Crippen molar-refractivity contribution in [1.29, 1.82) is 0 Å². The van der Waals surface area contributed by atoms with E-state index in [4.69, 9.17) is 4.74 Å². The molecule has 0 spiro atoms. The van der Waals surface area contributed by atoms with Crippen LogP contribution in [0.3, 0.4) is 0 Å². The zero-order valence-electron chi connectivity index (χ0n) is 7.93. The van der Waals surface area contributed by atoms with Crippen LogP contribution < -0.4 is 0 Å². The molecule has 0 bridgehead atoms. The van der Waals surface area contributed by atoms with Crippen molar-refractivity contribution in [1.82, 2.24) is 0 Å². The van der Waals surface area contributed by atoms with Crippen LogP contribution in [0.25, 0.3) is 0 Å². The molecule has 0 saturated carbocycles. The molecule has 0 heterocycles. The van der Waals surface area contributed by atoms with Crippen molar-refractivity contribution in [3.8, 4) is 0 Å². The van der Waals surface area contributed by atoms with E-state index < -0.39 is 12.2 Å². The highest BCUT2D eigenvalue weighted by atomic mass is 16.6. The zero-order valence-corrected chi connectivity index (χ0v) is 7.93. The number of hydrogen-bond acceptors (Lipinski definition) is 3. The van der Waals surface area contributed by atoms with Crippen LogP contribution in [0.15, 0.2) is 24.3 Å². The van der Waals surface area contributed by atoms with Crippen molar-refractivity contribution in [3.63, 3.8) is 0 Å². The third kappa shape index (κ3) is 1.51. The van der Waals surface area contributed by atoms with Crippen LogP contribution in [-0.2, 0) is 16.0 Å². The lowest BCUT2D eigenvalue weighted by Crippen LogP contribution is -2.18. The molecule has 14 heavy (non-hydrogen) atoms. The van der Waals surface area contributed by atoms with Crippen LogP contribution in [0.2, 0.25) is 0 Å². The highest BCUT2D eigenvalue weighted by molar-refractivity contribution is 5.66. The molecule has 2 rings (SSSR count). The number of benzene rings is 1. The van der Waals surface area contributed by atoms with E-state index in [1.165, 1.54) is 6.92 Å². The van der Waals surface area contributed by atoms with E-state index in [-0.39, 0.29) is 5.97 Å². The first kappa shape index (κ1) is 9.21. The standard InChI is InChI=1S/C11H12O3/c1-7(12)14-11-9-5-3-2-4-8(9)6-10(11)13/h2-5,10-11,13H,6H2,1H3/t10-,11+/m0/s1. The summed E-state index contributed by atoms with van der Waals surface area (Å²) in [5, 5.41) is 9.68. The maximum Gasteiger partial charge on any atom is 0.303 e. The first-order chi connectivity index (χ1) is 6.68. The van der Waals surface area contributed by atoms with Gasteiger partial charge in [-0.05, 0) is 11.1 Å². The Hall–Kier alpha value is -1.35. The van der Waals surface area contributed by atoms with E-state index in [0.29, 0.717) is 6.42 Å². The SMILES string of the molecule is CC(=O)O[C@@H]1c2ccccc2C[C@@H]1O. The van der Waals surface area contributed by atoms with Gasteiger partial charge in [0.05, 0.1) is 6.10 Å². The molecule has 1 aliphatic carbocycles. The minimum Gasteiger partial charge on any atom is -0.455 e. The number of hydrogen-bond donors (Lipinski definition) is 1. The van der Waals surface area contributed by atoms with Crippen LogP contribution >= 0.6 is 0 Å². The summed E-state index contributed by atoms with van der Waals surface area (Å²) in [4.78, 5) is 10.8. The number of fused-ring (bicyclic) bond motifs is 1. The number of aliphatic hydroxyl groups is 1. The maximum absolute atomic E-state index is 10.8. The molecule has 1 aromatic rings. The predicted octanol–water partition coefficient (Wildman–Crippen LogP) is 1.21. The molecule has 1 aliphatic rings. The second-order valence-electron chi connectivity index (χ2n) is 3.50. The molecule has 3 nitrogen and oxygen atoms in total.